The number of pyridine rings is 1. The first-order chi connectivity index (χ1) is 9.08. The molecule has 0 aliphatic carbocycles. The molecule has 1 aliphatic rings. The fourth-order valence-electron chi connectivity index (χ4n) is 2.56. The van der Waals surface area contributed by atoms with Crippen LogP contribution in [0.4, 0.5) is 0 Å². The van der Waals surface area contributed by atoms with E-state index in [1.807, 2.05) is 28.9 Å². The van der Waals surface area contributed by atoms with Gasteiger partial charge in [-0.05, 0) is 18.9 Å². The second-order valence-electron chi connectivity index (χ2n) is 4.90. The van der Waals surface area contributed by atoms with Crippen molar-refractivity contribution in [2.75, 3.05) is 12.9 Å². The molecule has 0 spiro atoms. The molecule has 3 rings (SSSR count). The van der Waals surface area contributed by atoms with Crippen LogP contribution in [0, 0.1) is 0 Å². The third-order valence-corrected chi connectivity index (χ3v) is 5.89. The molecule has 1 atom stereocenters. The Balaban J connectivity index is 1.89. The zero-order valence-electron chi connectivity index (χ0n) is 10.7. The molecule has 1 unspecified atom stereocenters. The number of aromatic nitrogens is 2. The van der Waals surface area contributed by atoms with Crippen LogP contribution in [-0.4, -0.2) is 35.9 Å². The molecule has 2 aromatic rings. The number of ether oxygens (including phenoxy) is 1. The lowest BCUT2D eigenvalue weighted by Crippen LogP contribution is -2.18. The largest absolute Gasteiger partial charge is 0.497 e. The highest BCUT2D eigenvalue weighted by Gasteiger charge is 2.31. The minimum absolute atomic E-state index is 0.265. The molecule has 2 aromatic heterocycles. The van der Waals surface area contributed by atoms with E-state index in [9.17, 15) is 8.42 Å². The van der Waals surface area contributed by atoms with E-state index in [4.69, 9.17) is 4.74 Å². The molecule has 5 nitrogen and oxygen atoms in total. The molecule has 0 radical (unpaired) electrons. The van der Waals surface area contributed by atoms with E-state index in [-0.39, 0.29) is 5.25 Å². The maximum Gasteiger partial charge on any atom is 0.153 e. The minimum Gasteiger partial charge on any atom is -0.497 e. The second kappa shape index (κ2) is 4.52. The highest BCUT2D eigenvalue weighted by molar-refractivity contribution is 7.92. The lowest BCUT2D eigenvalue weighted by Gasteiger charge is -2.05. The first-order valence-corrected chi connectivity index (χ1v) is 8.03. The van der Waals surface area contributed by atoms with Gasteiger partial charge in [0.15, 0.2) is 9.84 Å². The molecule has 19 heavy (non-hydrogen) atoms. The monoisotopic (exact) mass is 280 g/mol. The van der Waals surface area contributed by atoms with Crippen LogP contribution in [0.1, 0.15) is 18.5 Å². The summed E-state index contributed by atoms with van der Waals surface area (Å²) < 4.78 is 30.7. The van der Waals surface area contributed by atoms with Crippen molar-refractivity contribution in [2.45, 2.75) is 24.5 Å². The fourth-order valence-corrected chi connectivity index (χ4v) is 4.41. The van der Waals surface area contributed by atoms with Gasteiger partial charge in [0, 0.05) is 24.9 Å². The van der Waals surface area contributed by atoms with Crippen LogP contribution in [0.2, 0.25) is 0 Å². The third-order valence-electron chi connectivity index (χ3n) is 3.62. The van der Waals surface area contributed by atoms with Gasteiger partial charge < -0.3 is 9.14 Å². The van der Waals surface area contributed by atoms with Crippen LogP contribution in [-0.2, 0) is 16.3 Å². The number of fused-ring (bicyclic) bond motifs is 1. The van der Waals surface area contributed by atoms with E-state index in [0.717, 1.165) is 29.9 Å². The van der Waals surface area contributed by atoms with Crippen LogP contribution in [0.25, 0.3) is 5.65 Å². The maximum absolute atomic E-state index is 11.8. The topological polar surface area (TPSA) is 60.7 Å². The molecule has 0 aromatic carbocycles. The zero-order chi connectivity index (χ0) is 13.5. The molecular weight excluding hydrogens is 264 g/mol. The first-order valence-electron chi connectivity index (χ1n) is 6.32. The van der Waals surface area contributed by atoms with Gasteiger partial charge in [-0.3, -0.25) is 0 Å². The summed E-state index contributed by atoms with van der Waals surface area (Å²) in [6.45, 7) is 0. The average Bonchev–Trinajstić information content (AvgIpc) is 2.92. The molecule has 1 aliphatic heterocycles. The molecule has 6 heteroatoms. The molecular formula is C13H16N2O3S. The SMILES string of the molecule is COc1ccn2cc(CC3CCCS3(=O)=O)nc2c1. The van der Waals surface area contributed by atoms with Crippen molar-refractivity contribution in [2.24, 2.45) is 0 Å². The Morgan fingerprint density at radius 2 is 2.37 bits per heavy atom. The lowest BCUT2D eigenvalue weighted by atomic mass is 10.2. The van der Waals surface area contributed by atoms with E-state index in [2.05, 4.69) is 4.98 Å². The van der Waals surface area contributed by atoms with Crippen molar-refractivity contribution in [3.8, 4) is 5.75 Å². The van der Waals surface area contributed by atoms with Crippen LogP contribution >= 0.6 is 0 Å². The average molecular weight is 280 g/mol. The summed E-state index contributed by atoms with van der Waals surface area (Å²) in [5.74, 6) is 1.07. The third kappa shape index (κ3) is 2.32. The Bertz CT molecular complexity index is 706. The van der Waals surface area contributed by atoms with Gasteiger partial charge in [-0.1, -0.05) is 0 Å². The van der Waals surface area contributed by atoms with E-state index in [1.165, 1.54) is 0 Å². The zero-order valence-corrected chi connectivity index (χ0v) is 11.6. The predicted octanol–water partition coefficient (Wildman–Crippen LogP) is 1.46. The second-order valence-corrected chi connectivity index (χ2v) is 7.30. The van der Waals surface area contributed by atoms with Crippen molar-refractivity contribution in [1.29, 1.82) is 0 Å². The van der Waals surface area contributed by atoms with Gasteiger partial charge in [0.25, 0.3) is 0 Å². The predicted molar refractivity (Wildman–Crippen MR) is 72.3 cm³/mol. The van der Waals surface area contributed by atoms with Crippen molar-refractivity contribution >= 4 is 15.5 Å². The standard InChI is InChI=1S/C13H16N2O3S/c1-18-11-4-5-15-9-10(14-13(15)8-11)7-12-3-2-6-19(12,16)17/h4-5,8-9,12H,2-3,6-7H2,1H3. The number of hydrogen-bond donors (Lipinski definition) is 0. The summed E-state index contributed by atoms with van der Waals surface area (Å²) in [6, 6.07) is 3.69. The van der Waals surface area contributed by atoms with Crippen LogP contribution in [0.15, 0.2) is 24.5 Å². The van der Waals surface area contributed by atoms with E-state index >= 15 is 0 Å². The van der Waals surface area contributed by atoms with Gasteiger partial charge in [-0.2, -0.15) is 0 Å². The van der Waals surface area contributed by atoms with Crippen molar-refractivity contribution in [3.63, 3.8) is 0 Å². The highest BCUT2D eigenvalue weighted by atomic mass is 32.2. The Labute approximate surface area is 112 Å². The lowest BCUT2D eigenvalue weighted by molar-refractivity contribution is 0.414. The van der Waals surface area contributed by atoms with Crippen molar-refractivity contribution < 1.29 is 13.2 Å². The summed E-state index contributed by atoms with van der Waals surface area (Å²) in [4.78, 5) is 4.47. The summed E-state index contributed by atoms with van der Waals surface area (Å²) in [5, 5.41) is -0.265. The van der Waals surface area contributed by atoms with Crippen LogP contribution < -0.4 is 4.74 Å². The van der Waals surface area contributed by atoms with Gasteiger partial charge in [0.2, 0.25) is 0 Å². The number of methoxy groups -OCH3 is 1. The Morgan fingerprint density at radius 1 is 1.53 bits per heavy atom. The Hall–Kier alpha value is -1.56. The Morgan fingerprint density at radius 3 is 3.05 bits per heavy atom. The minimum atomic E-state index is -2.91. The molecule has 0 N–H and O–H groups in total. The number of nitrogens with zero attached hydrogens (tertiary/aromatic N) is 2. The fraction of sp³-hybridized carbons (Fsp3) is 0.462. The molecule has 0 saturated carbocycles. The first kappa shape index (κ1) is 12.5. The van der Waals surface area contributed by atoms with Gasteiger partial charge in [-0.15, -0.1) is 0 Å². The van der Waals surface area contributed by atoms with Crippen LogP contribution in [0.3, 0.4) is 0 Å². The summed E-state index contributed by atoms with van der Waals surface area (Å²) in [7, 11) is -1.30. The van der Waals surface area contributed by atoms with Gasteiger partial charge >= 0.3 is 0 Å². The highest BCUT2D eigenvalue weighted by Crippen LogP contribution is 2.24. The molecule has 3 heterocycles. The van der Waals surface area contributed by atoms with E-state index in [0.29, 0.717) is 12.2 Å². The normalized spacial score (nSPS) is 21.8. The molecule has 0 bridgehead atoms. The number of imidazole rings is 1. The number of hydrogen-bond acceptors (Lipinski definition) is 4. The summed E-state index contributed by atoms with van der Waals surface area (Å²) in [5.41, 5.74) is 1.61. The summed E-state index contributed by atoms with van der Waals surface area (Å²) in [6.07, 6.45) is 5.79. The van der Waals surface area contributed by atoms with Crippen LogP contribution in [0.5, 0.6) is 5.75 Å². The maximum atomic E-state index is 11.8. The summed E-state index contributed by atoms with van der Waals surface area (Å²) >= 11 is 0. The number of rotatable bonds is 3. The molecule has 1 saturated heterocycles. The molecule has 0 amide bonds. The van der Waals surface area contributed by atoms with Gasteiger partial charge in [0.1, 0.15) is 11.4 Å². The van der Waals surface area contributed by atoms with Crippen molar-refractivity contribution in [3.05, 3.63) is 30.2 Å². The number of sulfone groups is 1. The van der Waals surface area contributed by atoms with E-state index in [1.54, 1.807) is 7.11 Å². The smallest absolute Gasteiger partial charge is 0.153 e. The Kier molecular flexibility index (Phi) is 2.97. The van der Waals surface area contributed by atoms with E-state index < -0.39 is 9.84 Å². The molecule has 102 valence electrons. The quantitative estimate of drug-likeness (QED) is 0.854. The van der Waals surface area contributed by atoms with Crippen molar-refractivity contribution in [1.82, 2.24) is 9.38 Å². The van der Waals surface area contributed by atoms with Gasteiger partial charge in [-0.25, -0.2) is 13.4 Å². The van der Waals surface area contributed by atoms with Gasteiger partial charge in [0.05, 0.1) is 23.8 Å². The molecule has 1 fully saturated rings.